The Labute approximate surface area is 107 Å². The standard InChI is InChI=1S/C15H18N2O/c1-3-12-4-7-14(11-15(12)17-8-1)18-10-2-9-16-13-5-6-13/h1,3-4,7-8,11,13,16H,2,5-6,9-10H2. The second kappa shape index (κ2) is 5.36. The lowest BCUT2D eigenvalue weighted by Crippen LogP contribution is -2.19. The maximum absolute atomic E-state index is 5.74. The van der Waals surface area contributed by atoms with Crippen LogP contribution in [0, 0.1) is 0 Å². The van der Waals surface area contributed by atoms with Crippen LogP contribution < -0.4 is 10.1 Å². The minimum Gasteiger partial charge on any atom is -0.493 e. The lowest BCUT2D eigenvalue weighted by molar-refractivity contribution is 0.308. The Kier molecular flexibility index (Phi) is 3.42. The molecule has 0 spiro atoms. The van der Waals surface area contributed by atoms with Crippen molar-refractivity contribution in [3.8, 4) is 5.75 Å². The molecule has 0 unspecified atom stereocenters. The van der Waals surface area contributed by atoms with Gasteiger partial charge in [0.1, 0.15) is 5.75 Å². The van der Waals surface area contributed by atoms with Gasteiger partial charge in [0.15, 0.2) is 0 Å². The first-order valence-corrected chi connectivity index (χ1v) is 6.63. The molecule has 3 rings (SSSR count). The van der Waals surface area contributed by atoms with Crippen LogP contribution in [0.1, 0.15) is 19.3 Å². The van der Waals surface area contributed by atoms with E-state index in [2.05, 4.69) is 22.4 Å². The first-order valence-electron chi connectivity index (χ1n) is 6.63. The molecule has 1 heterocycles. The summed E-state index contributed by atoms with van der Waals surface area (Å²) in [5.41, 5.74) is 0.992. The number of nitrogens with zero attached hydrogens (tertiary/aromatic N) is 1. The third kappa shape index (κ3) is 2.99. The summed E-state index contributed by atoms with van der Waals surface area (Å²) in [6.07, 6.45) is 5.55. The molecule has 0 saturated heterocycles. The van der Waals surface area contributed by atoms with Gasteiger partial charge in [0.05, 0.1) is 12.1 Å². The smallest absolute Gasteiger partial charge is 0.121 e. The lowest BCUT2D eigenvalue weighted by atomic mass is 10.2. The van der Waals surface area contributed by atoms with Gasteiger partial charge in [-0.1, -0.05) is 6.07 Å². The Hall–Kier alpha value is -1.61. The van der Waals surface area contributed by atoms with Crippen LogP contribution in [0.15, 0.2) is 36.5 Å². The first kappa shape index (κ1) is 11.5. The van der Waals surface area contributed by atoms with E-state index in [1.165, 1.54) is 12.8 Å². The Morgan fingerprint density at radius 1 is 1.28 bits per heavy atom. The van der Waals surface area contributed by atoms with Gasteiger partial charge in [0.2, 0.25) is 0 Å². The molecule has 1 N–H and O–H groups in total. The number of hydrogen-bond donors (Lipinski definition) is 1. The van der Waals surface area contributed by atoms with E-state index < -0.39 is 0 Å². The highest BCUT2D eigenvalue weighted by molar-refractivity contribution is 5.79. The highest BCUT2D eigenvalue weighted by atomic mass is 16.5. The molecule has 1 aliphatic rings. The summed E-state index contributed by atoms with van der Waals surface area (Å²) in [5, 5.41) is 4.63. The van der Waals surface area contributed by atoms with Crippen molar-refractivity contribution in [2.45, 2.75) is 25.3 Å². The molecule has 1 fully saturated rings. The van der Waals surface area contributed by atoms with Gasteiger partial charge >= 0.3 is 0 Å². The van der Waals surface area contributed by atoms with E-state index in [-0.39, 0.29) is 0 Å². The first-order chi connectivity index (χ1) is 8.92. The lowest BCUT2D eigenvalue weighted by Gasteiger charge is -2.07. The van der Waals surface area contributed by atoms with E-state index >= 15 is 0 Å². The Balaban J connectivity index is 1.50. The zero-order valence-electron chi connectivity index (χ0n) is 10.4. The van der Waals surface area contributed by atoms with Gasteiger partial charge in [-0.3, -0.25) is 4.98 Å². The van der Waals surface area contributed by atoms with E-state index in [1.54, 1.807) is 0 Å². The Morgan fingerprint density at radius 3 is 3.11 bits per heavy atom. The van der Waals surface area contributed by atoms with Gasteiger partial charge in [0.25, 0.3) is 0 Å². The molecule has 1 aliphatic carbocycles. The molecule has 3 heteroatoms. The SMILES string of the molecule is c1cnc2cc(OCCCNC3CC3)ccc2c1. The molecule has 0 bridgehead atoms. The second-order valence-electron chi connectivity index (χ2n) is 4.79. The number of nitrogens with one attached hydrogen (secondary N) is 1. The topological polar surface area (TPSA) is 34.1 Å². The summed E-state index contributed by atoms with van der Waals surface area (Å²) in [6.45, 7) is 1.81. The maximum Gasteiger partial charge on any atom is 0.121 e. The van der Waals surface area contributed by atoms with Crippen molar-refractivity contribution >= 4 is 10.9 Å². The van der Waals surface area contributed by atoms with Gasteiger partial charge in [-0.15, -0.1) is 0 Å². The fourth-order valence-electron chi connectivity index (χ4n) is 1.99. The van der Waals surface area contributed by atoms with Crippen molar-refractivity contribution in [1.82, 2.24) is 10.3 Å². The van der Waals surface area contributed by atoms with Gasteiger partial charge in [0, 0.05) is 23.7 Å². The Morgan fingerprint density at radius 2 is 2.22 bits per heavy atom. The van der Waals surface area contributed by atoms with Crippen molar-refractivity contribution in [1.29, 1.82) is 0 Å². The molecule has 2 aromatic rings. The molecule has 1 aromatic carbocycles. The van der Waals surface area contributed by atoms with Crippen LogP contribution in [0.4, 0.5) is 0 Å². The fraction of sp³-hybridized carbons (Fsp3) is 0.400. The van der Waals surface area contributed by atoms with Crippen LogP contribution in [0.3, 0.4) is 0 Å². The molecule has 3 nitrogen and oxygen atoms in total. The molecule has 0 atom stereocenters. The number of ether oxygens (including phenoxy) is 1. The summed E-state index contributed by atoms with van der Waals surface area (Å²) in [5.74, 6) is 0.910. The average Bonchev–Trinajstić information content (AvgIpc) is 3.22. The number of pyridine rings is 1. The number of aromatic nitrogens is 1. The number of hydrogen-bond acceptors (Lipinski definition) is 3. The predicted molar refractivity (Wildman–Crippen MR) is 72.9 cm³/mol. The van der Waals surface area contributed by atoms with Crippen LogP contribution in [0.2, 0.25) is 0 Å². The highest BCUT2D eigenvalue weighted by Gasteiger charge is 2.19. The quantitative estimate of drug-likeness (QED) is 0.791. The average molecular weight is 242 g/mol. The second-order valence-corrected chi connectivity index (χ2v) is 4.79. The molecule has 0 amide bonds. The van der Waals surface area contributed by atoms with Crippen LogP contribution in [0.5, 0.6) is 5.75 Å². The molecule has 18 heavy (non-hydrogen) atoms. The van der Waals surface area contributed by atoms with Crippen molar-refractivity contribution in [3.05, 3.63) is 36.5 Å². The summed E-state index contributed by atoms with van der Waals surface area (Å²) in [4.78, 5) is 4.33. The molecule has 1 aromatic heterocycles. The van der Waals surface area contributed by atoms with E-state index in [0.717, 1.165) is 42.3 Å². The monoisotopic (exact) mass is 242 g/mol. The van der Waals surface area contributed by atoms with Crippen molar-refractivity contribution < 1.29 is 4.74 Å². The largest absolute Gasteiger partial charge is 0.493 e. The van der Waals surface area contributed by atoms with E-state index in [9.17, 15) is 0 Å². The molecule has 0 radical (unpaired) electrons. The maximum atomic E-state index is 5.74. The fourth-order valence-corrected chi connectivity index (χ4v) is 1.99. The van der Waals surface area contributed by atoms with Gasteiger partial charge in [-0.25, -0.2) is 0 Å². The summed E-state index contributed by atoms with van der Waals surface area (Å²) < 4.78 is 5.74. The summed E-state index contributed by atoms with van der Waals surface area (Å²) in [6, 6.07) is 10.9. The predicted octanol–water partition coefficient (Wildman–Crippen LogP) is 2.76. The summed E-state index contributed by atoms with van der Waals surface area (Å²) in [7, 11) is 0. The number of rotatable bonds is 6. The van der Waals surface area contributed by atoms with E-state index in [4.69, 9.17) is 4.74 Å². The summed E-state index contributed by atoms with van der Waals surface area (Å²) >= 11 is 0. The van der Waals surface area contributed by atoms with Crippen molar-refractivity contribution in [2.75, 3.05) is 13.2 Å². The van der Waals surface area contributed by atoms with Gasteiger partial charge in [-0.2, -0.15) is 0 Å². The number of benzene rings is 1. The van der Waals surface area contributed by atoms with Gasteiger partial charge in [-0.05, 0) is 44.0 Å². The third-order valence-electron chi connectivity index (χ3n) is 3.18. The van der Waals surface area contributed by atoms with Gasteiger partial charge < -0.3 is 10.1 Å². The zero-order chi connectivity index (χ0) is 12.2. The van der Waals surface area contributed by atoms with Crippen LogP contribution in [-0.4, -0.2) is 24.2 Å². The van der Waals surface area contributed by atoms with Crippen LogP contribution >= 0.6 is 0 Å². The van der Waals surface area contributed by atoms with Crippen molar-refractivity contribution in [2.24, 2.45) is 0 Å². The molecule has 1 saturated carbocycles. The number of fused-ring (bicyclic) bond motifs is 1. The van der Waals surface area contributed by atoms with E-state index in [0.29, 0.717) is 0 Å². The minimum absolute atomic E-state index is 0.762. The molecular weight excluding hydrogens is 224 g/mol. The van der Waals surface area contributed by atoms with Crippen LogP contribution in [0.25, 0.3) is 10.9 Å². The zero-order valence-corrected chi connectivity index (χ0v) is 10.4. The normalized spacial score (nSPS) is 14.9. The molecular formula is C15H18N2O. The Bertz CT molecular complexity index is 523. The molecule has 94 valence electrons. The minimum atomic E-state index is 0.762. The molecule has 0 aliphatic heterocycles. The van der Waals surface area contributed by atoms with E-state index in [1.807, 2.05) is 24.4 Å². The van der Waals surface area contributed by atoms with Crippen LogP contribution in [-0.2, 0) is 0 Å². The third-order valence-corrected chi connectivity index (χ3v) is 3.18. The highest BCUT2D eigenvalue weighted by Crippen LogP contribution is 2.19. The van der Waals surface area contributed by atoms with Crippen molar-refractivity contribution in [3.63, 3.8) is 0 Å².